The van der Waals surface area contributed by atoms with Gasteiger partial charge in [-0.1, -0.05) is 68.7 Å². The highest BCUT2D eigenvalue weighted by Crippen LogP contribution is 2.02. The molecule has 0 saturated heterocycles. The third-order valence-electron chi connectivity index (χ3n) is 2.90. The summed E-state index contributed by atoms with van der Waals surface area (Å²) < 4.78 is 0. The Morgan fingerprint density at radius 2 is 1.89 bits per heavy atom. The molecule has 102 valence electrons. The van der Waals surface area contributed by atoms with Crippen molar-refractivity contribution in [3.63, 3.8) is 0 Å². The summed E-state index contributed by atoms with van der Waals surface area (Å²) in [6, 6.07) is 0. The predicted octanol–water partition coefficient (Wildman–Crippen LogP) is 4.74. The maximum atomic E-state index is 3.82. The molecule has 0 heterocycles. The first-order valence-electron chi connectivity index (χ1n) is 7.03. The first kappa shape index (κ1) is 16.9. The topological polar surface area (TPSA) is 3.24 Å². The third kappa shape index (κ3) is 10.1. The summed E-state index contributed by atoms with van der Waals surface area (Å²) in [6.07, 6.45) is 15.5. The van der Waals surface area contributed by atoms with Crippen LogP contribution in [0, 0.1) is 0 Å². The van der Waals surface area contributed by atoms with Crippen LogP contribution in [-0.2, 0) is 0 Å². The van der Waals surface area contributed by atoms with Crippen LogP contribution in [0.1, 0.15) is 39.5 Å². The molecule has 0 aliphatic rings. The van der Waals surface area contributed by atoms with Crippen molar-refractivity contribution in [1.29, 1.82) is 0 Å². The van der Waals surface area contributed by atoms with Gasteiger partial charge in [0.15, 0.2) is 0 Å². The van der Waals surface area contributed by atoms with Crippen molar-refractivity contribution in [2.75, 3.05) is 19.6 Å². The van der Waals surface area contributed by atoms with Crippen molar-refractivity contribution in [2.24, 2.45) is 0 Å². The molecule has 0 radical (unpaired) electrons. The Balaban J connectivity index is 3.95. The van der Waals surface area contributed by atoms with E-state index < -0.39 is 0 Å². The van der Waals surface area contributed by atoms with Crippen LogP contribution in [0.4, 0.5) is 0 Å². The van der Waals surface area contributed by atoms with E-state index in [4.69, 9.17) is 0 Å². The molecular weight excluding hydrogens is 218 g/mol. The van der Waals surface area contributed by atoms with Gasteiger partial charge in [-0.05, 0) is 19.9 Å². The Morgan fingerprint density at radius 3 is 2.50 bits per heavy atom. The smallest absolute Gasteiger partial charge is 0.0169 e. The van der Waals surface area contributed by atoms with Crippen LogP contribution in [0.2, 0.25) is 0 Å². The first-order chi connectivity index (χ1) is 8.74. The minimum atomic E-state index is 0.973. The molecule has 0 amide bonds. The number of nitrogens with zero attached hydrogens (tertiary/aromatic N) is 1. The van der Waals surface area contributed by atoms with Crippen molar-refractivity contribution >= 4 is 0 Å². The van der Waals surface area contributed by atoms with E-state index >= 15 is 0 Å². The molecular formula is C17H29N. The van der Waals surface area contributed by atoms with Crippen LogP contribution in [0.25, 0.3) is 0 Å². The Morgan fingerprint density at radius 1 is 1.11 bits per heavy atom. The van der Waals surface area contributed by atoms with Crippen LogP contribution in [-0.4, -0.2) is 24.5 Å². The number of hydrogen-bond acceptors (Lipinski definition) is 1. The molecule has 0 saturated carbocycles. The summed E-state index contributed by atoms with van der Waals surface area (Å²) in [5.41, 5.74) is 1.20. The van der Waals surface area contributed by atoms with Gasteiger partial charge < -0.3 is 0 Å². The summed E-state index contributed by atoms with van der Waals surface area (Å²) in [7, 11) is 0. The summed E-state index contributed by atoms with van der Waals surface area (Å²) in [5, 5.41) is 0. The van der Waals surface area contributed by atoms with Crippen molar-refractivity contribution in [3.05, 3.63) is 49.1 Å². The summed E-state index contributed by atoms with van der Waals surface area (Å²) >= 11 is 0. The Kier molecular flexibility index (Phi) is 11.6. The van der Waals surface area contributed by atoms with Gasteiger partial charge in [-0.3, -0.25) is 4.90 Å². The lowest BCUT2D eigenvalue weighted by Crippen LogP contribution is -2.25. The summed E-state index contributed by atoms with van der Waals surface area (Å²) in [4.78, 5) is 2.43. The van der Waals surface area contributed by atoms with E-state index in [1.807, 2.05) is 12.2 Å². The van der Waals surface area contributed by atoms with Crippen molar-refractivity contribution in [2.45, 2.75) is 39.5 Å². The normalized spacial score (nSPS) is 12.3. The SMILES string of the molecule is C=CCN(C/C=C/C=C(/C)C=C)CCCCCC. The quantitative estimate of drug-likeness (QED) is 0.289. The highest BCUT2D eigenvalue weighted by atomic mass is 15.1. The molecule has 0 aromatic rings. The lowest BCUT2D eigenvalue weighted by atomic mass is 10.2. The van der Waals surface area contributed by atoms with Gasteiger partial charge in [-0.25, -0.2) is 0 Å². The molecule has 0 bridgehead atoms. The fourth-order valence-corrected chi connectivity index (χ4v) is 1.70. The van der Waals surface area contributed by atoms with E-state index in [1.54, 1.807) is 0 Å². The van der Waals surface area contributed by atoms with Crippen LogP contribution in [0.5, 0.6) is 0 Å². The minimum Gasteiger partial charge on any atom is -0.296 e. The average molecular weight is 247 g/mol. The maximum Gasteiger partial charge on any atom is 0.0169 e. The average Bonchev–Trinajstić information content (AvgIpc) is 2.39. The third-order valence-corrected chi connectivity index (χ3v) is 2.90. The number of allylic oxidation sites excluding steroid dienone is 4. The lowest BCUT2D eigenvalue weighted by Gasteiger charge is -2.18. The fraction of sp³-hybridized carbons (Fsp3) is 0.529. The molecule has 0 fully saturated rings. The van der Waals surface area contributed by atoms with Gasteiger partial charge in [-0.15, -0.1) is 6.58 Å². The molecule has 0 rings (SSSR count). The molecule has 1 nitrogen and oxygen atoms in total. The van der Waals surface area contributed by atoms with Crippen molar-refractivity contribution < 1.29 is 0 Å². The summed E-state index contributed by atoms with van der Waals surface area (Å²) in [5.74, 6) is 0. The zero-order valence-electron chi connectivity index (χ0n) is 12.2. The molecule has 0 N–H and O–H groups in total. The van der Waals surface area contributed by atoms with Crippen LogP contribution in [0.3, 0.4) is 0 Å². The first-order valence-corrected chi connectivity index (χ1v) is 7.03. The molecule has 1 heteroatoms. The second kappa shape index (κ2) is 12.4. The van der Waals surface area contributed by atoms with E-state index in [2.05, 4.69) is 50.1 Å². The second-order valence-electron chi connectivity index (χ2n) is 4.65. The molecule has 0 atom stereocenters. The van der Waals surface area contributed by atoms with Gasteiger partial charge in [0, 0.05) is 13.1 Å². The molecule has 18 heavy (non-hydrogen) atoms. The Hall–Kier alpha value is -1.08. The van der Waals surface area contributed by atoms with Gasteiger partial charge in [0.25, 0.3) is 0 Å². The van der Waals surface area contributed by atoms with Crippen LogP contribution < -0.4 is 0 Å². The zero-order chi connectivity index (χ0) is 13.6. The minimum absolute atomic E-state index is 0.973. The van der Waals surface area contributed by atoms with E-state index in [0.717, 1.165) is 13.1 Å². The Bertz CT molecular complexity index is 273. The van der Waals surface area contributed by atoms with Crippen LogP contribution in [0.15, 0.2) is 49.1 Å². The fourth-order valence-electron chi connectivity index (χ4n) is 1.70. The van der Waals surface area contributed by atoms with Gasteiger partial charge >= 0.3 is 0 Å². The highest BCUT2D eigenvalue weighted by molar-refractivity contribution is 5.19. The van der Waals surface area contributed by atoms with E-state index in [0.29, 0.717) is 0 Å². The number of unbranched alkanes of at least 4 members (excludes halogenated alkanes) is 3. The monoisotopic (exact) mass is 247 g/mol. The predicted molar refractivity (Wildman–Crippen MR) is 83.9 cm³/mol. The summed E-state index contributed by atoms with van der Waals surface area (Å²) in [6.45, 7) is 15.0. The largest absolute Gasteiger partial charge is 0.296 e. The molecule has 0 unspecified atom stereocenters. The van der Waals surface area contributed by atoms with Crippen LogP contribution >= 0.6 is 0 Å². The van der Waals surface area contributed by atoms with Gasteiger partial charge in [0.05, 0.1) is 0 Å². The number of hydrogen-bond donors (Lipinski definition) is 0. The van der Waals surface area contributed by atoms with E-state index in [1.165, 1.54) is 37.8 Å². The van der Waals surface area contributed by atoms with Gasteiger partial charge in [0.2, 0.25) is 0 Å². The molecule has 0 aliphatic heterocycles. The standard InChI is InChI=1S/C17H29N/c1-5-8-9-11-15-18(14-6-2)16-12-10-13-17(4)7-3/h6-7,10,12-13H,2-3,5,8-9,11,14-16H2,1,4H3/b12-10+,17-13-. The van der Waals surface area contributed by atoms with Gasteiger partial charge in [-0.2, -0.15) is 0 Å². The Labute approximate surface area is 114 Å². The molecule has 0 aromatic carbocycles. The van der Waals surface area contributed by atoms with E-state index in [-0.39, 0.29) is 0 Å². The molecule has 0 spiro atoms. The highest BCUT2D eigenvalue weighted by Gasteiger charge is 1.99. The second-order valence-corrected chi connectivity index (χ2v) is 4.65. The number of rotatable bonds is 11. The lowest BCUT2D eigenvalue weighted by molar-refractivity contribution is 0.325. The van der Waals surface area contributed by atoms with E-state index in [9.17, 15) is 0 Å². The van der Waals surface area contributed by atoms with Crippen molar-refractivity contribution in [1.82, 2.24) is 4.90 Å². The zero-order valence-corrected chi connectivity index (χ0v) is 12.2. The molecule has 0 aliphatic carbocycles. The maximum absolute atomic E-state index is 3.82. The molecule has 0 aromatic heterocycles. The van der Waals surface area contributed by atoms with Gasteiger partial charge in [0.1, 0.15) is 0 Å². The van der Waals surface area contributed by atoms with Crippen molar-refractivity contribution in [3.8, 4) is 0 Å².